The number of pyridine rings is 1. The summed E-state index contributed by atoms with van der Waals surface area (Å²) < 4.78 is 12.2. The average molecular weight is 409 g/mol. The zero-order chi connectivity index (χ0) is 21.2. The van der Waals surface area contributed by atoms with Gasteiger partial charge in [-0.1, -0.05) is 25.1 Å². The molecule has 0 N–H and O–H groups in total. The zero-order valence-corrected chi connectivity index (χ0v) is 17.5. The van der Waals surface area contributed by atoms with E-state index in [0.29, 0.717) is 29.2 Å². The van der Waals surface area contributed by atoms with Crippen molar-refractivity contribution in [2.24, 2.45) is 0 Å². The lowest BCUT2D eigenvalue weighted by molar-refractivity contribution is 0.300. The molecule has 0 amide bonds. The highest BCUT2D eigenvalue weighted by atomic mass is 16.5. The van der Waals surface area contributed by atoms with Gasteiger partial charge in [0.05, 0.1) is 17.2 Å². The van der Waals surface area contributed by atoms with Crippen LogP contribution in [0.4, 0.5) is 0 Å². The SMILES string of the molecule is CCc1cc(OCc2ccc3oc(-c4ccccc4C#N)nc3c2)c2c(n1)CCCC2. The molecule has 0 spiro atoms. The maximum absolute atomic E-state index is 9.36. The Balaban J connectivity index is 1.42. The van der Waals surface area contributed by atoms with Crippen LogP contribution in [0.15, 0.2) is 52.9 Å². The predicted molar refractivity (Wildman–Crippen MR) is 119 cm³/mol. The number of hydrogen-bond donors (Lipinski definition) is 0. The van der Waals surface area contributed by atoms with Crippen molar-refractivity contribution in [2.75, 3.05) is 0 Å². The van der Waals surface area contributed by atoms with E-state index in [1.165, 1.54) is 24.1 Å². The van der Waals surface area contributed by atoms with Crippen LogP contribution in [0, 0.1) is 11.3 Å². The molecule has 2 aromatic heterocycles. The summed E-state index contributed by atoms with van der Waals surface area (Å²) in [5, 5.41) is 9.36. The highest BCUT2D eigenvalue weighted by molar-refractivity contribution is 5.78. The van der Waals surface area contributed by atoms with Gasteiger partial charge < -0.3 is 9.15 Å². The van der Waals surface area contributed by atoms with Gasteiger partial charge in [0.1, 0.15) is 17.9 Å². The van der Waals surface area contributed by atoms with Gasteiger partial charge in [0.2, 0.25) is 5.89 Å². The van der Waals surface area contributed by atoms with Crippen LogP contribution in [0.2, 0.25) is 0 Å². The van der Waals surface area contributed by atoms with E-state index in [0.717, 1.165) is 41.8 Å². The Morgan fingerprint density at radius 3 is 2.81 bits per heavy atom. The van der Waals surface area contributed by atoms with Crippen molar-refractivity contribution in [1.29, 1.82) is 5.26 Å². The fraction of sp³-hybridized carbons (Fsp3) is 0.269. The number of ether oxygens (including phenoxy) is 1. The molecule has 2 aromatic carbocycles. The lowest BCUT2D eigenvalue weighted by atomic mass is 9.94. The van der Waals surface area contributed by atoms with Crippen molar-refractivity contribution in [1.82, 2.24) is 9.97 Å². The number of nitriles is 1. The summed E-state index contributed by atoms with van der Waals surface area (Å²) in [6, 6.07) is 17.5. The van der Waals surface area contributed by atoms with E-state index in [1.807, 2.05) is 36.4 Å². The van der Waals surface area contributed by atoms with Crippen LogP contribution in [0.25, 0.3) is 22.6 Å². The lowest BCUT2D eigenvalue weighted by Gasteiger charge is -2.20. The molecule has 0 radical (unpaired) electrons. The highest BCUT2D eigenvalue weighted by Gasteiger charge is 2.18. The molecule has 2 heterocycles. The average Bonchev–Trinajstić information content (AvgIpc) is 3.25. The van der Waals surface area contributed by atoms with Gasteiger partial charge >= 0.3 is 0 Å². The normalized spacial score (nSPS) is 13.0. The van der Waals surface area contributed by atoms with Crippen LogP contribution < -0.4 is 4.74 Å². The van der Waals surface area contributed by atoms with E-state index in [9.17, 15) is 5.26 Å². The molecule has 5 nitrogen and oxygen atoms in total. The predicted octanol–water partition coefficient (Wildman–Crippen LogP) is 5.78. The smallest absolute Gasteiger partial charge is 0.228 e. The largest absolute Gasteiger partial charge is 0.488 e. The number of oxazole rings is 1. The molecule has 4 aromatic rings. The Labute approximate surface area is 181 Å². The van der Waals surface area contributed by atoms with Crippen molar-refractivity contribution in [3.05, 3.63) is 76.6 Å². The molecule has 0 bridgehead atoms. The molecule has 154 valence electrons. The van der Waals surface area contributed by atoms with Crippen LogP contribution in [0.1, 0.15) is 47.8 Å². The molecule has 0 saturated heterocycles. The van der Waals surface area contributed by atoms with E-state index in [1.54, 1.807) is 6.07 Å². The van der Waals surface area contributed by atoms with Crippen LogP contribution in [-0.4, -0.2) is 9.97 Å². The maximum atomic E-state index is 9.36. The van der Waals surface area contributed by atoms with E-state index >= 15 is 0 Å². The molecule has 31 heavy (non-hydrogen) atoms. The summed E-state index contributed by atoms with van der Waals surface area (Å²) in [7, 11) is 0. The monoisotopic (exact) mass is 409 g/mol. The first-order chi connectivity index (χ1) is 15.2. The first-order valence-corrected chi connectivity index (χ1v) is 10.8. The molecule has 1 aliphatic carbocycles. The van der Waals surface area contributed by atoms with Gasteiger partial charge in [-0.15, -0.1) is 0 Å². The molecule has 0 saturated carbocycles. The second-order valence-electron chi connectivity index (χ2n) is 7.86. The van der Waals surface area contributed by atoms with Gasteiger partial charge in [-0.25, -0.2) is 4.98 Å². The molecule has 1 aliphatic rings. The molecule has 0 atom stereocenters. The Morgan fingerprint density at radius 1 is 1.06 bits per heavy atom. The minimum absolute atomic E-state index is 0.459. The van der Waals surface area contributed by atoms with Gasteiger partial charge in [-0.05, 0) is 61.9 Å². The minimum Gasteiger partial charge on any atom is -0.488 e. The standard InChI is InChI=1S/C26H23N3O2/c1-2-19-14-25(21-9-5-6-10-22(21)28-19)30-16-17-11-12-24-23(13-17)29-26(31-24)20-8-4-3-7-18(20)15-27/h3-4,7-8,11-14H,2,5-6,9-10,16H2,1H3. The van der Waals surface area contributed by atoms with Gasteiger partial charge in [-0.3, -0.25) is 4.98 Å². The van der Waals surface area contributed by atoms with Crippen LogP contribution in [0.3, 0.4) is 0 Å². The van der Waals surface area contributed by atoms with Gasteiger partial charge in [-0.2, -0.15) is 5.26 Å². The quantitative estimate of drug-likeness (QED) is 0.418. The van der Waals surface area contributed by atoms with Gasteiger partial charge in [0.15, 0.2) is 5.58 Å². The number of aromatic nitrogens is 2. The van der Waals surface area contributed by atoms with E-state index in [2.05, 4.69) is 24.0 Å². The van der Waals surface area contributed by atoms with Crippen molar-refractivity contribution < 1.29 is 9.15 Å². The molecule has 0 fully saturated rings. The van der Waals surface area contributed by atoms with E-state index in [-0.39, 0.29) is 0 Å². The Hall–Kier alpha value is -3.65. The molecule has 0 aliphatic heterocycles. The zero-order valence-electron chi connectivity index (χ0n) is 17.5. The summed E-state index contributed by atoms with van der Waals surface area (Å²) in [6.07, 6.45) is 5.37. The van der Waals surface area contributed by atoms with Crippen molar-refractivity contribution in [3.8, 4) is 23.3 Å². The van der Waals surface area contributed by atoms with Crippen molar-refractivity contribution in [2.45, 2.75) is 45.6 Å². The van der Waals surface area contributed by atoms with E-state index < -0.39 is 0 Å². The Morgan fingerprint density at radius 2 is 1.94 bits per heavy atom. The summed E-state index contributed by atoms with van der Waals surface area (Å²) in [6.45, 7) is 2.59. The third-order valence-corrected chi connectivity index (χ3v) is 5.80. The van der Waals surface area contributed by atoms with Gasteiger partial charge in [0.25, 0.3) is 0 Å². The lowest BCUT2D eigenvalue weighted by Crippen LogP contribution is -2.10. The second kappa shape index (κ2) is 8.23. The number of benzene rings is 2. The molecule has 5 heteroatoms. The van der Waals surface area contributed by atoms with Crippen molar-refractivity contribution >= 4 is 11.1 Å². The van der Waals surface area contributed by atoms with Gasteiger partial charge in [0, 0.05) is 23.0 Å². The van der Waals surface area contributed by atoms with E-state index in [4.69, 9.17) is 14.1 Å². The number of nitrogens with zero attached hydrogens (tertiary/aromatic N) is 3. The summed E-state index contributed by atoms with van der Waals surface area (Å²) in [4.78, 5) is 9.43. The number of rotatable bonds is 5. The summed E-state index contributed by atoms with van der Waals surface area (Å²) >= 11 is 0. The first-order valence-electron chi connectivity index (χ1n) is 10.8. The fourth-order valence-electron chi connectivity index (χ4n) is 4.14. The summed E-state index contributed by atoms with van der Waals surface area (Å²) in [5.74, 6) is 1.42. The molecule has 0 unspecified atom stereocenters. The molecular weight excluding hydrogens is 386 g/mol. The third-order valence-electron chi connectivity index (χ3n) is 5.80. The maximum Gasteiger partial charge on any atom is 0.228 e. The highest BCUT2D eigenvalue weighted by Crippen LogP contribution is 2.31. The van der Waals surface area contributed by atoms with Crippen LogP contribution in [0.5, 0.6) is 5.75 Å². The first kappa shape index (κ1) is 19.3. The number of hydrogen-bond acceptors (Lipinski definition) is 5. The van der Waals surface area contributed by atoms with Crippen molar-refractivity contribution in [3.63, 3.8) is 0 Å². The molecular formula is C26H23N3O2. The number of fused-ring (bicyclic) bond motifs is 2. The topological polar surface area (TPSA) is 71.9 Å². The minimum atomic E-state index is 0.459. The summed E-state index contributed by atoms with van der Waals surface area (Å²) in [5.41, 5.74) is 7.29. The fourth-order valence-corrected chi connectivity index (χ4v) is 4.14. The molecule has 5 rings (SSSR count). The third kappa shape index (κ3) is 3.77. The van der Waals surface area contributed by atoms with Crippen LogP contribution in [-0.2, 0) is 25.9 Å². The number of aryl methyl sites for hydroxylation is 2. The second-order valence-corrected chi connectivity index (χ2v) is 7.86. The Bertz CT molecular complexity index is 1300. The van der Waals surface area contributed by atoms with Crippen LogP contribution >= 0.6 is 0 Å². The Kier molecular flexibility index (Phi) is 5.13.